The molecule has 1 aliphatic rings. The fourth-order valence-corrected chi connectivity index (χ4v) is 4.53. The van der Waals surface area contributed by atoms with Crippen molar-refractivity contribution < 1.29 is 14.6 Å². The van der Waals surface area contributed by atoms with Crippen molar-refractivity contribution in [2.75, 3.05) is 26.2 Å². The SMILES string of the molecule is O=C(OC[C@H](CCN1CCCCC1)c1cccnc1)C(O)(c1ccccc1)c1ccccc1. The van der Waals surface area contributed by atoms with E-state index < -0.39 is 11.6 Å². The third-order valence-corrected chi connectivity index (χ3v) is 6.49. The normalized spacial score (nSPS) is 15.7. The smallest absolute Gasteiger partial charge is 0.347 e. The van der Waals surface area contributed by atoms with Crippen molar-refractivity contribution in [3.05, 3.63) is 102 Å². The van der Waals surface area contributed by atoms with Crippen LogP contribution in [0.1, 0.15) is 48.3 Å². The van der Waals surface area contributed by atoms with Crippen molar-refractivity contribution in [2.24, 2.45) is 0 Å². The minimum atomic E-state index is -1.87. The fourth-order valence-electron chi connectivity index (χ4n) is 4.53. The molecule has 0 saturated carbocycles. The van der Waals surface area contributed by atoms with Gasteiger partial charge in [-0.1, -0.05) is 73.2 Å². The summed E-state index contributed by atoms with van der Waals surface area (Å²) in [5, 5.41) is 11.6. The number of rotatable bonds is 9. The second kappa shape index (κ2) is 11.2. The first-order chi connectivity index (χ1) is 16.2. The molecule has 0 bridgehead atoms. The number of carbonyl (C=O) groups is 1. The highest BCUT2D eigenvalue weighted by atomic mass is 16.5. The van der Waals surface area contributed by atoms with Gasteiger partial charge in [-0.15, -0.1) is 0 Å². The van der Waals surface area contributed by atoms with Gasteiger partial charge in [-0.3, -0.25) is 4.98 Å². The lowest BCUT2D eigenvalue weighted by Gasteiger charge is -2.30. The van der Waals surface area contributed by atoms with Gasteiger partial charge in [0.15, 0.2) is 0 Å². The topological polar surface area (TPSA) is 62.7 Å². The molecular weight excluding hydrogens is 412 g/mol. The van der Waals surface area contributed by atoms with Gasteiger partial charge in [0, 0.05) is 18.3 Å². The Kier molecular flexibility index (Phi) is 7.87. The summed E-state index contributed by atoms with van der Waals surface area (Å²) in [4.78, 5) is 20.2. The van der Waals surface area contributed by atoms with E-state index in [1.807, 2.05) is 54.7 Å². The lowest BCUT2D eigenvalue weighted by molar-refractivity contribution is -0.162. The lowest BCUT2D eigenvalue weighted by Crippen LogP contribution is -2.39. The van der Waals surface area contributed by atoms with E-state index in [1.54, 1.807) is 30.5 Å². The van der Waals surface area contributed by atoms with Gasteiger partial charge in [-0.2, -0.15) is 0 Å². The van der Waals surface area contributed by atoms with Crippen molar-refractivity contribution in [1.29, 1.82) is 0 Å². The minimum absolute atomic E-state index is 0.0142. The molecule has 0 unspecified atom stereocenters. The van der Waals surface area contributed by atoms with Gasteiger partial charge in [-0.05, 0) is 61.7 Å². The molecule has 0 radical (unpaired) electrons. The number of aliphatic hydroxyl groups is 1. The van der Waals surface area contributed by atoms with Crippen molar-refractivity contribution in [3.63, 3.8) is 0 Å². The van der Waals surface area contributed by atoms with Gasteiger partial charge < -0.3 is 14.7 Å². The average molecular weight is 445 g/mol. The van der Waals surface area contributed by atoms with Crippen molar-refractivity contribution in [2.45, 2.75) is 37.2 Å². The number of piperidine rings is 1. The molecule has 1 fully saturated rings. The number of benzene rings is 2. The van der Waals surface area contributed by atoms with Crippen molar-refractivity contribution >= 4 is 5.97 Å². The average Bonchev–Trinajstić information content (AvgIpc) is 2.90. The summed E-state index contributed by atoms with van der Waals surface area (Å²) in [5.74, 6) is -0.646. The van der Waals surface area contributed by atoms with Crippen LogP contribution in [0.15, 0.2) is 85.2 Å². The van der Waals surface area contributed by atoms with E-state index in [1.165, 1.54) is 19.3 Å². The summed E-state index contributed by atoms with van der Waals surface area (Å²) in [6.45, 7) is 3.40. The summed E-state index contributed by atoms with van der Waals surface area (Å²) >= 11 is 0. The maximum atomic E-state index is 13.4. The van der Waals surface area contributed by atoms with E-state index in [-0.39, 0.29) is 12.5 Å². The molecule has 1 N–H and O–H groups in total. The van der Waals surface area contributed by atoms with E-state index in [9.17, 15) is 9.90 Å². The van der Waals surface area contributed by atoms with Crippen molar-refractivity contribution in [1.82, 2.24) is 9.88 Å². The molecule has 5 heteroatoms. The number of esters is 1. The van der Waals surface area contributed by atoms with Gasteiger partial charge in [0.05, 0.1) is 6.61 Å². The third kappa shape index (κ3) is 5.67. The van der Waals surface area contributed by atoms with E-state index >= 15 is 0 Å². The lowest BCUT2D eigenvalue weighted by atomic mass is 9.86. The Bertz CT molecular complexity index is 950. The Hall–Kier alpha value is -3.02. The molecule has 4 rings (SSSR count). The maximum absolute atomic E-state index is 13.4. The fraction of sp³-hybridized carbons (Fsp3) is 0.357. The zero-order valence-corrected chi connectivity index (χ0v) is 19.0. The van der Waals surface area contributed by atoms with Gasteiger partial charge in [0.1, 0.15) is 0 Å². The Morgan fingerprint density at radius 1 is 0.939 bits per heavy atom. The van der Waals surface area contributed by atoms with Crippen LogP contribution in [0.5, 0.6) is 0 Å². The summed E-state index contributed by atoms with van der Waals surface area (Å²) in [7, 11) is 0. The van der Waals surface area contributed by atoms with E-state index in [0.29, 0.717) is 11.1 Å². The van der Waals surface area contributed by atoms with Crippen LogP contribution in [0.4, 0.5) is 0 Å². The van der Waals surface area contributed by atoms with E-state index in [2.05, 4.69) is 9.88 Å². The van der Waals surface area contributed by atoms with E-state index in [0.717, 1.165) is 31.6 Å². The number of pyridine rings is 1. The zero-order chi connectivity index (χ0) is 22.9. The van der Waals surface area contributed by atoms with Gasteiger partial charge in [0.2, 0.25) is 5.60 Å². The van der Waals surface area contributed by atoms with Crippen LogP contribution in [0, 0.1) is 0 Å². The van der Waals surface area contributed by atoms with Crippen molar-refractivity contribution in [3.8, 4) is 0 Å². The molecule has 2 heterocycles. The Morgan fingerprint density at radius 2 is 1.58 bits per heavy atom. The first-order valence-electron chi connectivity index (χ1n) is 11.8. The van der Waals surface area contributed by atoms with Crippen LogP contribution < -0.4 is 0 Å². The number of hydrogen-bond acceptors (Lipinski definition) is 5. The highest BCUT2D eigenvalue weighted by molar-refractivity contribution is 5.85. The molecule has 5 nitrogen and oxygen atoms in total. The molecule has 1 saturated heterocycles. The summed E-state index contributed by atoms with van der Waals surface area (Å²) in [6, 6.07) is 21.9. The Balaban J connectivity index is 1.52. The highest BCUT2D eigenvalue weighted by Gasteiger charge is 2.41. The molecule has 0 aliphatic carbocycles. The number of hydrogen-bond donors (Lipinski definition) is 1. The standard InChI is InChI=1S/C28H32N2O3/c31-27(28(32,25-12-4-1-5-13-25)26-14-6-2-7-15-26)33-22-24(23-11-10-17-29-21-23)16-20-30-18-8-3-9-19-30/h1-2,4-7,10-15,17,21,24,32H,3,8-9,16,18-20,22H2/t24-/m0/s1. The van der Waals surface area contributed by atoms with Gasteiger partial charge >= 0.3 is 5.97 Å². The number of likely N-dealkylation sites (tertiary alicyclic amines) is 1. The van der Waals surface area contributed by atoms with E-state index in [4.69, 9.17) is 4.74 Å². The van der Waals surface area contributed by atoms with Crippen LogP contribution >= 0.6 is 0 Å². The number of carbonyl (C=O) groups excluding carboxylic acids is 1. The number of aromatic nitrogens is 1. The second-order valence-corrected chi connectivity index (χ2v) is 8.72. The highest BCUT2D eigenvalue weighted by Crippen LogP contribution is 2.32. The summed E-state index contributed by atoms with van der Waals surface area (Å²) < 4.78 is 5.84. The zero-order valence-electron chi connectivity index (χ0n) is 19.0. The second-order valence-electron chi connectivity index (χ2n) is 8.72. The summed E-state index contributed by atoms with van der Waals surface area (Å²) in [5.41, 5.74) is 0.166. The molecule has 0 spiro atoms. The number of ether oxygens (including phenoxy) is 1. The molecule has 1 aromatic heterocycles. The molecule has 33 heavy (non-hydrogen) atoms. The first kappa shape index (κ1) is 23.1. The predicted octanol–water partition coefficient (Wildman–Crippen LogP) is 4.52. The van der Waals surface area contributed by atoms with Crippen LogP contribution in [0.3, 0.4) is 0 Å². The van der Waals surface area contributed by atoms with Crippen LogP contribution in [0.2, 0.25) is 0 Å². The molecule has 1 aliphatic heterocycles. The quantitative estimate of drug-likeness (QED) is 0.492. The largest absolute Gasteiger partial charge is 0.462 e. The van der Waals surface area contributed by atoms with Crippen LogP contribution in [-0.2, 0) is 15.1 Å². The Morgan fingerprint density at radius 3 is 2.15 bits per heavy atom. The molecule has 1 atom stereocenters. The van der Waals surface area contributed by atoms with Crippen LogP contribution in [0.25, 0.3) is 0 Å². The predicted molar refractivity (Wildman–Crippen MR) is 129 cm³/mol. The molecule has 172 valence electrons. The molecular formula is C28H32N2O3. The minimum Gasteiger partial charge on any atom is -0.462 e. The van der Waals surface area contributed by atoms with Gasteiger partial charge in [-0.25, -0.2) is 4.79 Å². The molecule has 2 aromatic carbocycles. The Labute approximate surface area is 196 Å². The summed E-state index contributed by atoms with van der Waals surface area (Å²) in [6.07, 6.45) is 8.25. The maximum Gasteiger partial charge on any atom is 0.347 e. The van der Waals surface area contributed by atoms with Gasteiger partial charge in [0.25, 0.3) is 0 Å². The molecule has 0 amide bonds. The molecule has 3 aromatic rings. The van der Waals surface area contributed by atoms with Crippen LogP contribution in [-0.4, -0.2) is 47.2 Å². The monoisotopic (exact) mass is 444 g/mol. The number of nitrogens with zero attached hydrogens (tertiary/aromatic N) is 2. The third-order valence-electron chi connectivity index (χ3n) is 6.49. The first-order valence-corrected chi connectivity index (χ1v) is 11.8.